The van der Waals surface area contributed by atoms with Crippen LogP contribution in [0, 0.1) is 11.6 Å². The lowest BCUT2D eigenvalue weighted by Crippen LogP contribution is -2.55. The smallest absolute Gasteiger partial charge is 0.415 e. The number of carbonyl (C=O) groups excluding carboxylic acids is 4. The molecular formula is C45H48F2N10O8S. The average molecular weight is 927 g/mol. The zero-order chi connectivity index (χ0) is 46.9. The number of hydrogen-bond donors (Lipinski definition) is 5. The lowest BCUT2D eigenvalue weighted by atomic mass is 9.89. The second-order valence-electron chi connectivity index (χ2n) is 16.5. The molecule has 2 aromatic carbocycles. The zero-order valence-corrected chi connectivity index (χ0v) is 36.9. The van der Waals surface area contributed by atoms with Crippen molar-refractivity contribution in [2.24, 2.45) is 0 Å². The number of carboxylic acid groups (broad SMARTS) is 1. The van der Waals surface area contributed by atoms with Gasteiger partial charge in [0.05, 0.1) is 11.3 Å². The van der Waals surface area contributed by atoms with Crippen LogP contribution in [0.2, 0.25) is 0 Å². The maximum Gasteiger partial charge on any atom is 0.415 e. The minimum Gasteiger partial charge on any atom is -0.465 e. The van der Waals surface area contributed by atoms with Crippen LogP contribution >= 0.6 is 0 Å². The molecule has 3 aliphatic heterocycles. The molecule has 3 fully saturated rings. The molecule has 3 aliphatic rings. The summed E-state index contributed by atoms with van der Waals surface area (Å²) in [5.41, 5.74) is 1.70. The highest BCUT2D eigenvalue weighted by Gasteiger charge is 2.37. The van der Waals surface area contributed by atoms with Gasteiger partial charge in [0.2, 0.25) is 17.6 Å². The maximum atomic E-state index is 15.6. The summed E-state index contributed by atoms with van der Waals surface area (Å²) in [5.74, 6) is -3.37. The SMILES string of the molecule is CCN(C)S(=O)(=O)Nc1ccc(F)c(C(=O)c2c[nH]c3ncc(-c4ccc(N5CCC(N(C(=O)O)C(=O)N6CCC(c7ccc(NC8CCC(=O)NC8=O)cc7)CC6)CC5)nc4)cc23)c1F. The fourth-order valence-electron chi connectivity index (χ4n) is 8.64. The van der Waals surface area contributed by atoms with Crippen molar-refractivity contribution in [2.45, 2.75) is 63.5 Å². The van der Waals surface area contributed by atoms with Gasteiger partial charge in [-0.25, -0.2) is 33.2 Å². The number of aromatic amines is 1. The molecule has 3 saturated heterocycles. The molecule has 8 rings (SSSR count). The molecular weight excluding hydrogens is 879 g/mol. The van der Waals surface area contributed by atoms with Crippen LogP contribution in [0.5, 0.6) is 0 Å². The predicted molar refractivity (Wildman–Crippen MR) is 240 cm³/mol. The number of H-pyrrole nitrogens is 1. The van der Waals surface area contributed by atoms with Crippen molar-refractivity contribution < 1.29 is 46.3 Å². The van der Waals surface area contributed by atoms with Gasteiger partial charge in [-0.2, -0.15) is 12.7 Å². The predicted octanol–water partition coefficient (Wildman–Crippen LogP) is 5.91. The number of amides is 5. The molecule has 66 heavy (non-hydrogen) atoms. The Hall–Kier alpha value is -7.00. The van der Waals surface area contributed by atoms with Crippen LogP contribution in [-0.4, -0.2) is 124 Å². The summed E-state index contributed by atoms with van der Waals surface area (Å²) < 4.78 is 58.8. The van der Waals surface area contributed by atoms with Crippen molar-refractivity contribution in [1.82, 2.24) is 34.4 Å². The summed E-state index contributed by atoms with van der Waals surface area (Å²) in [6, 6.07) is 13.2. The number of pyridine rings is 2. The highest BCUT2D eigenvalue weighted by molar-refractivity contribution is 7.90. The Balaban J connectivity index is 0.871. The molecule has 3 aromatic heterocycles. The Labute approximate surface area is 378 Å². The Morgan fingerprint density at radius 2 is 1.62 bits per heavy atom. The van der Waals surface area contributed by atoms with E-state index >= 15 is 8.78 Å². The van der Waals surface area contributed by atoms with Gasteiger partial charge < -0.3 is 25.2 Å². The molecule has 0 aliphatic carbocycles. The van der Waals surface area contributed by atoms with E-state index in [1.54, 1.807) is 42.4 Å². The quantitative estimate of drug-likeness (QED) is 0.0727. The number of hydrogen-bond acceptors (Lipinski definition) is 11. The van der Waals surface area contributed by atoms with E-state index in [-0.39, 0.29) is 47.3 Å². The second kappa shape index (κ2) is 18.8. The maximum absolute atomic E-state index is 15.6. The highest BCUT2D eigenvalue weighted by atomic mass is 32.2. The largest absolute Gasteiger partial charge is 0.465 e. The highest BCUT2D eigenvalue weighted by Crippen LogP contribution is 2.33. The van der Waals surface area contributed by atoms with Gasteiger partial charge in [0.25, 0.3) is 0 Å². The van der Waals surface area contributed by atoms with E-state index in [0.29, 0.717) is 75.2 Å². The van der Waals surface area contributed by atoms with Crippen molar-refractivity contribution in [3.05, 3.63) is 102 Å². The molecule has 18 nitrogen and oxygen atoms in total. The molecule has 1 atom stereocenters. The fourth-order valence-corrected chi connectivity index (χ4v) is 9.57. The molecule has 5 N–H and O–H groups in total. The van der Waals surface area contributed by atoms with Gasteiger partial charge in [-0.05, 0) is 86.1 Å². The Morgan fingerprint density at radius 1 is 0.909 bits per heavy atom. The van der Waals surface area contributed by atoms with E-state index in [2.05, 4.69) is 30.3 Å². The van der Waals surface area contributed by atoms with Crippen LogP contribution in [0.4, 0.5) is 35.6 Å². The van der Waals surface area contributed by atoms with E-state index in [0.717, 1.165) is 32.6 Å². The number of likely N-dealkylation sites (tertiary alicyclic amines) is 1. The molecule has 0 saturated carbocycles. The van der Waals surface area contributed by atoms with Crippen molar-refractivity contribution in [2.75, 3.05) is 54.7 Å². The normalized spacial score (nSPS) is 17.5. The van der Waals surface area contributed by atoms with Gasteiger partial charge in [-0.15, -0.1) is 0 Å². The number of nitrogens with one attached hydrogen (secondary N) is 4. The lowest BCUT2D eigenvalue weighted by Gasteiger charge is -2.40. The molecule has 6 heterocycles. The zero-order valence-electron chi connectivity index (χ0n) is 36.1. The number of nitrogens with zero attached hydrogens (tertiary/aromatic N) is 6. The number of carbonyl (C=O) groups is 5. The summed E-state index contributed by atoms with van der Waals surface area (Å²) >= 11 is 0. The number of imide groups is 2. The fraction of sp³-hybridized carbons (Fsp3) is 0.356. The van der Waals surface area contributed by atoms with Crippen LogP contribution in [0.15, 0.2) is 73.2 Å². The standard InChI is InChI=1S/C45H48F2N10O8S/c1-3-54(2)66(64,65)53-35-10-9-34(46)39(40(35)47)41(59)33-25-50-42-32(33)22-29(24-49-42)28-6-12-37(48-23-28)55-20-16-31(17-21-55)57(45(62)63)44(61)56-18-14-27(15-19-56)26-4-7-30(8-5-26)51-36-11-13-38(58)52-43(36)60/h4-10,12,22-25,27,31,36,51,53H,3,11,13-21H2,1-2H3,(H,49,50)(H,62,63)(H,52,58,60). The third kappa shape index (κ3) is 9.39. The monoisotopic (exact) mass is 926 g/mol. The summed E-state index contributed by atoms with van der Waals surface area (Å²) in [7, 11) is -2.89. The van der Waals surface area contributed by atoms with Gasteiger partial charge in [0, 0.05) is 98.6 Å². The van der Waals surface area contributed by atoms with Gasteiger partial charge in [-0.3, -0.25) is 24.4 Å². The first-order chi connectivity index (χ1) is 31.6. The van der Waals surface area contributed by atoms with Gasteiger partial charge in [0.15, 0.2) is 5.82 Å². The minimum atomic E-state index is -4.17. The number of benzene rings is 2. The number of rotatable bonds is 12. The second-order valence-corrected chi connectivity index (χ2v) is 18.3. The molecule has 1 unspecified atom stereocenters. The van der Waals surface area contributed by atoms with E-state index in [4.69, 9.17) is 0 Å². The molecule has 346 valence electrons. The minimum absolute atomic E-state index is 0.0844. The summed E-state index contributed by atoms with van der Waals surface area (Å²) in [4.78, 5) is 80.0. The Bertz CT molecular complexity index is 2790. The van der Waals surface area contributed by atoms with Crippen molar-refractivity contribution in [3.8, 4) is 11.1 Å². The number of fused-ring (bicyclic) bond motifs is 1. The Kier molecular flexibility index (Phi) is 13.0. The first-order valence-corrected chi connectivity index (χ1v) is 23.0. The number of aromatic nitrogens is 3. The van der Waals surface area contributed by atoms with Crippen molar-refractivity contribution in [1.29, 1.82) is 0 Å². The van der Waals surface area contributed by atoms with Crippen LogP contribution in [0.1, 0.15) is 72.9 Å². The average Bonchev–Trinajstić information content (AvgIpc) is 3.75. The molecule has 5 aromatic rings. The third-order valence-corrected chi connectivity index (χ3v) is 14.1. The van der Waals surface area contributed by atoms with Gasteiger partial charge in [0.1, 0.15) is 23.3 Å². The van der Waals surface area contributed by atoms with E-state index < -0.39 is 63.1 Å². The summed E-state index contributed by atoms with van der Waals surface area (Å²) in [5, 5.41) is 16.0. The summed E-state index contributed by atoms with van der Waals surface area (Å²) in [6.07, 6.45) is 5.97. The van der Waals surface area contributed by atoms with E-state index in [1.165, 1.54) is 13.2 Å². The van der Waals surface area contributed by atoms with Crippen LogP contribution in [0.3, 0.4) is 0 Å². The van der Waals surface area contributed by atoms with Crippen molar-refractivity contribution >= 4 is 68.2 Å². The van der Waals surface area contributed by atoms with Gasteiger partial charge in [-0.1, -0.05) is 19.1 Å². The number of urea groups is 1. The first kappa shape index (κ1) is 45.6. The molecule has 21 heteroatoms. The first-order valence-electron chi connectivity index (χ1n) is 21.6. The number of piperidine rings is 3. The van der Waals surface area contributed by atoms with Crippen molar-refractivity contribution in [3.63, 3.8) is 0 Å². The lowest BCUT2D eigenvalue weighted by molar-refractivity contribution is -0.133. The van der Waals surface area contributed by atoms with Crippen LogP contribution in [0.25, 0.3) is 22.2 Å². The molecule has 0 radical (unpaired) electrons. The molecule has 5 amide bonds. The Morgan fingerprint density at radius 3 is 2.27 bits per heavy atom. The number of halogens is 2. The number of anilines is 3. The topological polar surface area (TPSA) is 230 Å². The summed E-state index contributed by atoms with van der Waals surface area (Å²) in [6.45, 7) is 3.35. The van der Waals surface area contributed by atoms with Gasteiger partial charge >= 0.3 is 22.3 Å². The third-order valence-electron chi connectivity index (χ3n) is 12.6. The van der Waals surface area contributed by atoms with Crippen LogP contribution in [-0.2, 0) is 19.8 Å². The number of ketones is 1. The molecule has 0 bridgehead atoms. The van der Waals surface area contributed by atoms with E-state index in [9.17, 15) is 37.5 Å². The van der Waals surface area contributed by atoms with E-state index in [1.807, 2.05) is 29.2 Å². The molecule has 0 spiro atoms. The van der Waals surface area contributed by atoms with Crippen LogP contribution < -0.4 is 20.3 Å².